The van der Waals surface area contributed by atoms with Crippen molar-refractivity contribution in [2.45, 2.75) is 24.9 Å². The Morgan fingerprint density at radius 2 is 2.22 bits per heavy atom. The van der Waals surface area contributed by atoms with Crippen molar-refractivity contribution in [1.29, 1.82) is 0 Å². The van der Waals surface area contributed by atoms with Gasteiger partial charge in [0.05, 0.1) is 11.7 Å². The molecular weight excluding hydrogens is 341 g/mol. The Balaban J connectivity index is 0.00000264. The first-order valence-electron chi connectivity index (χ1n) is 7.15. The summed E-state index contributed by atoms with van der Waals surface area (Å²) in [7, 11) is 0. The van der Waals surface area contributed by atoms with Crippen molar-refractivity contribution >= 4 is 41.7 Å². The Hall–Kier alpha value is -1.31. The number of benzene rings is 1. The number of hydrogen-bond acceptors (Lipinski definition) is 4. The van der Waals surface area contributed by atoms with Crippen LogP contribution in [0, 0.1) is 5.82 Å². The molecule has 0 aliphatic carbocycles. The first-order chi connectivity index (χ1) is 10.5. The van der Waals surface area contributed by atoms with E-state index in [4.69, 9.17) is 5.73 Å². The van der Waals surface area contributed by atoms with Gasteiger partial charge >= 0.3 is 0 Å². The Kier molecular flexibility index (Phi) is 7.81. The Morgan fingerprint density at radius 1 is 1.52 bits per heavy atom. The number of amides is 2. The maximum Gasteiger partial charge on any atom is 0.249 e. The molecule has 23 heavy (non-hydrogen) atoms. The van der Waals surface area contributed by atoms with Crippen molar-refractivity contribution in [2.24, 2.45) is 5.73 Å². The van der Waals surface area contributed by atoms with E-state index in [-0.39, 0.29) is 29.9 Å². The van der Waals surface area contributed by atoms with Crippen LogP contribution in [0.1, 0.15) is 12.8 Å². The van der Waals surface area contributed by atoms with Crippen molar-refractivity contribution in [1.82, 2.24) is 5.32 Å². The molecule has 1 aliphatic heterocycles. The highest BCUT2D eigenvalue weighted by molar-refractivity contribution is 7.98. The number of nitrogens with one attached hydrogen (secondary N) is 1. The zero-order chi connectivity index (χ0) is 16.1. The van der Waals surface area contributed by atoms with Crippen LogP contribution >= 0.6 is 24.2 Å². The van der Waals surface area contributed by atoms with E-state index in [1.807, 2.05) is 6.26 Å². The van der Waals surface area contributed by atoms with Gasteiger partial charge in [-0.2, -0.15) is 11.8 Å². The molecule has 1 fully saturated rings. The van der Waals surface area contributed by atoms with E-state index in [1.165, 1.54) is 11.0 Å². The second kappa shape index (κ2) is 9.10. The van der Waals surface area contributed by atoms with Gasteiger partial charge in [-0.1, -0.05) is 12.1 Å². The van der Waals surface area contributed by atoms with E-state index in [1.54, 1.807) is 30.0 Å². The van der Waals surface area contributed by atoms with Crippen molar-refractivity contribution in [3.63, 3.8) is 0 Å². The normalized spacial score (nSPS) is 18.5. The number of thioether (sulfide) groups is 1. The second-order valence-electron chi connectivity index (χ2n) is 5.18. The van der Waals surface area contributed by atoms with Gasteiger partial charge in [-0.25, -0.2) is 4.39 Å². The van der Waals surface area contributed by atoms with Gasteiger partial charge < -0.3 is 16.0 Å². The van der Waals surface area contributed by atoms with E-state index < -0.39 is 17.9 Å². The van der Waals surface area contributed by atoms with E-state index in [0.717, 1.165) is 5.75 Å². The second-order valence-corrected chi connectivity index (χ2v) is 6.16. The van der Waals surface area contributed by atoms with Gasteiger partial charge in [-0.15, -0.1) is 12.4 Å². The maximum atomic E-state index is 13.8. The standard InChI is InChI=1S/C15H20FN3O2S.ClH/c1-22-9-7-11(17)14(20)18-12-6-8-19(15(12)21)13-5-3-2-4-10(13)16;/h2-5,11-12H,6-9,17H2,1H3,(H,18,20);1H/t11-,12?;/m0./s1. The molecule has 0 bridgehead atoms. The van der Waals surface area contributed by atoms with Crippen LogP contribution in [0.3, 0.4) is 0 Å². The summed E-state index contributed by atoms with van der Waals surface area (Å²) in [5.74, 6) is -0.285. The minimum Gasteiger partial charge on any atom is -0.343 e. The van der Waals surface area contributed by atoms with Crippen LogP contribution in [0.4, 0.5) is 10.1 Å². The molecule has 3 N–H and O–H groups in total. The Bertz CT molecular complexity index is 561. The molecule has 0 spiro atoms. The summed E-state index contributed by atoms with van der Waals surface area (Å²) >= 11 is 1.61. The summed E-state index contributed by atoms with van der Waals surface area (Å²) in [4.78, 5) is 25.7. The maximum absolute atomic E-state index is 13.8. The van der Waals surface area contributed by atoms with Crippen LogP contribution in [0.5, 0.6) is 0 Å². The van der Waals surface area contributed by atoms with Crippen LogP contribution in [0.2, 0.25) is 0 Å². The number of carbonyl (C=O) groups excluding carboxylic acids is 2. The molecule has 1 aromatic carbocycles. The third kappa shape index (κ3) is 4.83. The van der Waals surface area contributed by atoms with Gasteiger partial charge in [0.1, 0.15) is 11.9 Å². The van der Waals surface area contributed by atoms with Crippen LogP contribution < -0.4 is 16.0 Å². The third-order valence-corrected chi connectivity index (χ3v) is 4.28. The predicted octanol–water partition coefficient (Wildman–Crippen LogP) is 1.55. The van der Waals surface area contributed by atoms with Crippen LogP contribution in [0.25, 0.3) is 0 Å². The van der Waals surface area contributed by atoms with Gasteiger partial charge in [-0.05, 0) is 37.0 Å². The topological polar surface area (TPSA) is 75.4 Å². The summed E-state index contributed by atoms with van der Waals surface area (Å²) < 4.78 is 13.8. The van der Waals surface area contributed by atoms with E-state index in [0.29, 0.717) is 19.4 Å². The van der Waals surface area contributed by atoms with Gasteiger partial charge in [0.25, 0.3) is 0 Å². The fraction of sp³-hybridized carbons (Fsp3) is 0.467. The third-order valence-electron chi connectivity index (χ3n) is 3.63. The van der Waals surface area contributed by atoms with Gasteiger partial charge in [-0.3, -0.25) is 9.59 Å². The van der Waals surface area contributed by atoms with Crippen molar-refractivity contribution in [3.8, 4) is 0 Å². The zero-order valence-corrected chi connectivity index (χ0v) is 14.5. The molecule has 0 saturated carbocycles. The fourth-order valence-corrected chi connectivity index (χ4v) is 2.87. The molecule has 1 heterocycles. The molecule has 1 unspecified atom stereocenters. The summed E-state index contributed by atoms with van der Waals surface area (Å²) in [6.07, 6.45) is 2.95. The highest BCUT2D eigenvalue weighted by atomic mass is 35.5. The first-order valence-corrected chi connectivity index (χ1v) is 8.54. The number of carbonyl (C=O) groups is 2. The summed E-state index contributed by atoms with van der Waals surface area (Å²) in [6.45, 7) is 0.380. The lowest BCUT2D eigenvalue weighted by atomic mass is 10.2. The molecule has 8 heteroatoms. The highest BCUT2D eigenvalue weighted by Crippen LogP contribution is 2.24. The molecule has 1 saturated heterocycles. The average molecular weight is 362 g/mol. The fourth-order valence-electron chi connectivity index (χ4n) is 2.38. The average Bonchev–Trinajstić information content (AvgIpc) is 2.86. The zero-order valence-electron chi connectivity index (χ0n) is 12.8. The van der Waals surface area contributed by atoms with Crippen molar-refractivity contribution in [2.75, 3.05) is 23.5 Å². The van der Waals surface area contributed by atoms with Gasteiger partial charge in [0, 0.05) is 6.54 Å². The minimum absolute atomic E-state index is 0. The minimum atomic E-state index is -0.632. The molecule has 2 amide bonds. The number of nitrogens with zero attached hydrogens (tertiary/aromatic N) is 1. The van der Waals surface area contributed by atoms with Crippen LogP contribution in [-0.4, -0.2) is 42.5 Å². The number of anilines is 1. The number of halogens is 2. The van der Waals surface area contributed by atoms with Crippen LogP contribution in [0.15, 0.2) is 24.3 Å². The van der Waals surface area contributed by atoms with Crippen LogP contribution in [-0.2, 0) is 9.59 Å². The van der Waals surface area contributed by atoms with Gasteiger partial charge in [0.15, 0.2) is 0 Å². The van der Waals surface area contributed by atoms with Gasteiger partial charge in [0.2, 0.25) is 11.8 Å². The van der Waals surface area contributed by atoms with E-state index >= 15 is 0 Å². The number of rotatable bonds is 6. The smallest absolute Gasteiger partial charge is 0.249 e. The number of nitrogens with two attached hydrogens (primary N) is 1. The molecule has 128 valence electrons. The molecular formula is C15H21ClFN3O2S. The first kappa shape index (κ1) is 19.7. The summed E-state index contributed by atoms with van der Waals surface area (Å²) in [6, 6.07) is 4.86. The molecule has 2 atom stereocenters. The summed E-state index contributed by atoms with van der Waals surface area (Å²) in [5, 5.41) is 2.67. The lowest BCUT2D eigenvalue weighted by molar-refractivity contribution is -0.127. The Labute approximate surface area is 145 Å². The van der Waals surface area contributed by atoms with E-state index in [9.17, 15) is 14.0 Å². The molecule has 1 aliphatic rings. The molecule has 1 aromatic rings. The lowest BCUT2D eigenvalue weighted by Crippen LogP contribution is -2.48. The van der Waals surface area contributed by atoms with Crippen molar-refractivity contribution < 1.29 is 14.0 Å². The SMILES string of the molecule is CSCC[C@H](N)C(=O)NC1CCN(c2ccccc2F)C1=O.Cl. The molecule has 0 radical (unpaired) electrons. The number of hydrogen-bond donors (Lipinski definition) is 2. The largest absolute Gasteiger partial charge is 0.343 e. The highest BCUT2D eigenvalue weighted by Gasteiger charge is 2.35. The summed E-state index contributed by atoms with van der Waals surface area (Å²) in [5.41, 5.74) is 6.03. The predicted molar refractivity (Wildman–Crippen MR) is 93.5 cm³/mol. The van der Waals surface area contributed by atoms with E-state index in [2.05, 4.69) is 5.32 Å². The Morgan fingerprint density at radius 3 is 2.87 bits per heavy atom. The van der Waals surface area contributed by atoms with Crippen molar-refractivity contribution in [3.05, 3.63) is 30.1 Å². The lowest BCUT2D eigenvalue weighted by Gasteiger charge is -2.19. The molecule has 2 rings (SSSR count). The monoisotopic (exact) mass is 361 g/mol. The number of para-hydroxylation sites is 1. The molecule has 0 aromatic heterocycles. The quantitative estimate of drug-likeness (QED) is 0.806. The molecule has 5 nitrogen and oxygen atoms in total.